The summed E-state index contributed by atoms with van der Waals surface area (Å²) in [4.78, 5) is 4.40. The predicted octanol–water partition coefficient (Wildman–Crippen LogP) is 2.77. The van der Waals surface area contributed by atoms with Crippen molar-refractivity contribution >= 4 is 5.82 Å². The number of nitrogens with two attached hydrogens (primary N) is 1. The lowest BCUT2D eigenvalue weighted by Crippen LogP contribution is -2.15. The van der Waals surface area contributed by atoms with Crippen molar-refractivity contribution in [2.75, 3.05) is 12.3 Å². The summed E-state index contributed by atoms with van der Waals surface area (Å²) in [6.07, 6.45) is 4.38. The summed E-state index contributed by atoms with van der Waals surface area (Å²) in [7, 11) is 0. The highest BCUT2D eigenvalue weighted by molar-refractivity contribution is 5.78. The third-order valence-electron chi connectivity index (χ3n) is 4.49. The number of anilines is 1. The van der Waals surface area contributed by atoms with E-state index in [0.29, 0.717) is 25.2 Å². The fourth-order valence-electron chi connectivity index (χ4n) is 3.23. The largest absolute Gasteiger partial charge is 0.383 e. The van der Waals surface area contributed by atoms with Crippen molar-refractivity contribution in [2.45, 2.75) is 20.0 Å². The van der Waals surface area contributed by atoms with Crippen molar-refractivity contribution in [1.29, 1.82) is 5.26 Å². The van der Waals surface area contributed by atoms with Crippen molar-refractivity contribution in [1.82, 2.24) is 14.8 Å². The molecule has 0 saturated heterocycles. The first kappa shape index (κ1) is 15.4. The maximum absolute atomic E-state index is 9.59. The van der Waals surface area contributed by atoms with Gasteiger partial charge < -0.3 is 10.5 Å². The van der Waals surface area contributed by atoms with Crippen LogP contribution < -0.4 is 5.73 Å². The number of hydrogen-bond donors (Lipinski definition) is 1. The number of aromatic nitrogens is 3. The van der Waals surface area contributed by atoms with Gasteiger partial charge >= 0.3 is 0 Å². The zero-order chi connectivity index (χ0) is 17.4. The smallest absolute Gasteiger partial charge is 0.142 e. The number of nitriles is 1. The average molecular weight is 331 g/mol. The molecular weight excluding hydrogens is 314 g/mol. The monoisotopic (exact) mass is 331 g/mol. The van der Waals surface area contributed by atoms with Crippen molar-refractivity contribution in [3.8, 4) is 22.9 Å². The number of nitrogen functional groups attached to an aromatic ring is 1. The number of ether oxygens (including phenoxy) is 1. The van der Waals surface area contributed by atoms with Gasteiger partial charge in [-0.2, -0.15) is 10.4 Å². The van der Waals surface area contributed by atoms with E-state index < -0.39 is 0 Å². The number of rotatable bonds is 2. The van der Waals surface area contributed by atoms with Gasteiger partial charge in [-0.15, -0.1) is 0 Å². The molecule has 0 aliphatic carbocycles. The second-order valence-corrected chi connectivity index (χ2v) is 6.05. The summed E-state index contributed by atoms with van der Waals surface area (Å²) in [5, 5.41) is 14.1. The van der Waals surface area contributed by atoms with Crippen LogP contribution >= 0.6 is 0 Å². The first-order valence-electron chi connectivity index (χ1n) is 8.09. The summed E-state index contributed by atoms with van der Waals surface area (Å²) in [6.45, 7) is 3.09. The van der Waals surface area contributed by atoms with Crippen molar-refractivity contribution in [3.05, 3.63) is 59.0 Å². The molecule has 0 atom stereocenters. The van der Waals surface area contributed by atoms with Crippen LogP contribution in [0.3, 0.4) is 0 Å². The maximum atomic E-state index is 9.59. The van der Waals surface area contributed by atoms with Gasteiger partial charge in [-0.3, -0.25) is 0 Å². The Morgan fingerprint density at radius 2 is 2.16 bits per heavy atom. The van der Waals surface area contributed by atoms with Gasteiger partial charge in [0.25, 0.3) is 0 Å². The van der Waals surface area contributed by atoms with E-state index in [1.807, 2.05) is 42.1 Å². The molecule has 0 spiro atoms. The molecule has 6 heteroatoms. The van der Waals surface area contributed by atoms with Gasteiger partial charge in [0.1, 0.15) is 17.5 Å². The maximum Gasteiger partial charge on any atom is 0.142 e. The van der Waals surface area contributed by atoms with Crippen LogP contribution in [0.1, 0.15) is 22.4 Å². The summed E-state index contributed by atoms with van der Waals surface area (Å²) >= 11 is 0. The van der Waals surface area contributed by atoms with Crippen LogP contribution in [0.15, 0.2) is 36.7 Å². The van der Waals surface area contributed by atoms with E-state index in [2.05, 4.69) is 16.2 Å². The Hall–Kier alpha value is -3.17. The van der Waals surface area contributed by atoms with Crippen LogP contribution in [0, 0.1) is 18.3 Å². The first-order chi connectivity index (χ1) is 12.2. The number of fused-ring (bicyclic) bond motifs is 1. The van der Waals surface area contributed by atoms with Crippen LogP contribution in [-0.2, 0) is 17.8 Å². The van der Waals surface area contributed by atoms with Crippen LogP contribution in [0.25, 0.3) is 16.8 Å². The molecule has 1 aliphatic rings. The Kier molecular flexibility index (Phi) is 3.71. The van der Waals surface area contributed by atoms with E-state index in [9.17, 15) is 5.26 Å². The van der Waals surface area contributed by atoms with Crippen molar-refractivity contribution < 1.29 is 4.74 Å². The van der Waals surface area contributed by atoms with Crippen molar-refractivity contribution in [2.24, 2.45) is 0 Å². The van der Waals surface area contributed by atoms with Crippen LogP contribution in [0.4, 0.5) is 5.82 Å². The molecule has 2 N–H and O–H groups in total. The third-order valence-corrected chi connectivity index (χ3v) is 4.49. The lowest BCUT2D eigenvalue weighted by atomic mass is 9.94. The molecule has 4 rings (SSSR count). The quantitative estimate of drug-likeness (QED) is 0.780. The average Bonchev–Trinajstić information content (AvgIpc) is 3.10. The lowest BCUT2D eigenvalue weighted by Gasteiger charge is -2.20. The zero-order valence-electron chi connectivity index (χ0n) is 13.9. The second-order valence-electron chi connectivity index (χ2n) is 6.05. The van der Waals surface area contributed by atoms with E-state index in [1.54, 1.807) is 6.20 Å². The summed E-state index contributed by atoms with van der Waals surface area (Å²) in [5.41, 5.74) is 12.0. The van der Waals surface area contributed by atoms with Gasteiger partial charge in [-0.05, 0) is 18.6 Å². The Labute approximate surface area is 145 Å². The molecular formula is C19H17N5O. The SMILES string of the molecule is Cc1ccccc1-n1cc(-c2c(C#N)c(N)nc3c2COCC3)cn1. The number of hydrogen-bond acceptors (Lipinski definition) is 5. The molecule has 6 nitrogen and oxygen atoms in total. The Morgan fingerprint density at radius 1 is 1.32 bits per heavy atom. The van der Waals surface area contributed by atoms with E-state index >= 15 is 0 Å². The van der Waals surface area contributed by atoms with Gasteiger partial charge in [0, 0.05) is 29.3 Å². The highest BCUT2D eigenvalue weighted by atomic mass is 16.5. The highest BCUT2D eigenvalue weighted by Crippen LogP contribution is 2.34. The Balaban J connectivity index is 1.90. The molecule has 0 bridgehead atoms. The molecule has 0 unspecified atom stereocenters. The van der Waals surface area contributed by atoms with E-state index in [0.717, 1.165) is 33.6 Å². The van der Waals surface area contributed by atoms with Crippen molar-refractivity contribution in [3.63, 3.8) is 0 Å². The molecule has 3 aromatic rings. The molecule has 2 aromatic heterocycles. The molecule has 0 radical (unpaired) electrons. The topological polar surface area (TPSA) is 89.8 Å². The number of para-hydroxylation sites is 1. The molecule has 0 amide bonds. The van der Waals surface area contributed by atoms with E-state index in [-0.39, 0.29) is 5.82 Å². The third kappa shape index (κ3) is 2.55. The minimum atomic E-state index is 0.266. The van der Waals surface area contributed by atoms with Crippen LogP contribution in [-0.4, -0.2) is 21.4 Å². The fourth-order valence-corrected chi connectivity index (χ4v) is 3.23. The molecule has 0 fully saturated rings. The van der Waals surface area contributed by atoms with Crippen LogP contribution in [0.2, 0.25) is 0 Å². The first-order valence-corrected chi connectivity index (χ1v) is 8.09. The standard InChI is InChI=1S/C19H17N5O/c1-12-4-2-3-5-17(12)24-10-13(9-22-24)18-14(8-20)19(21)23-16-6-7-25-11-15(16)18/h2-5,9-10H,6-7,11H2,1H3,(H2,21,23). The number of pyridine rings is 1. The van der Waals surface area contributed by atoms with Gasteiger partial charge in [0.05, 0.1) is 30.8 Å². The normalized spacial score (nSPS) is 13.3. The molecule has 1 aliphatic heterocycles. The number of nitrogens with zero attached hydrogens (tertiary/aromatic N) is 4. The molecule has 1 aromatic carbocycles. The van der Waals surface area contributed by atoms with Crippen LogP contribution in [0.5, 0.6) is 0 Å². The van der Waals surface area contributed by atoms with Gasteiger partial charge in [-0.25, -0.2) is 9.67 Å². The van der Waals surface area contributed by atoms with E-state index in [4.69, 9.17) is 10.5 Å². The summed E-state index contributed by atoms with van der Waals surface area (Å²) in [6, 6.07) is 10.2. The summed E-state index contributed by atoms with van der Waals surface area (Å²) in [5.74, 6) is 0.266. The highest BCUT2D eigenvalue weighted by Gasteiger charge is 2.23. The minimum Gasteiger partial charge on any atom is -0.383 e. The second kappa shape index (κ2) is 6.04. The summed E-state index contributed by atoms with van der Waals surface area (Å²) < 4.78 is 7.41. The fraction of sp³-hybridized carbons (Fsp3) is 0.211. The van der Waals surface area contributed by atoms with Gasteiger partial charge in [-0.1, -0.05) is 18.2 Å². The molecule has 25 heavy (non-hydrogen) atoms. The van der Waals surface area contributed by atoms with Gasteiger partial charge in [0.15, 0.2) is 0 Å². The molecule has 3 heterocycles. The van der Waals surface area contributed by atoms with E-state index in [1.165, 1.54) is 0 Å². The molecule has 0 saturated carbocycles. The lowest BCUT2D eigenvalue weighted by molar-refractivity contribution is 0.109. The molecule has 124 valence electrons. The zero-order valence-corrected chi connectivity index (χ0v) is 13.9. The Bertz CT molecular complexity index is 1000. The Morgan fingerprint density at radius 3 is 2.96 bits per heavy atom. The minimum absolute atomic E-state index is 0.266. The number of aryl methyl sites for hydroxylation is 1. The van der Waals surface area contributed by atoms with Gasteiger partial charge in [0.2, 0.25) is 0 Å². The predicted molar refractivity (Wildman–Crippen MR) is 94.0 cm³/mol. The number of benzene rings is 1.